The predicted molar refractivity (Wildman–Crippen MR) is 168 cm³/mol. The van der Waals surface area contributed by atoms with Crippen LogP contribution in [0.5, 0.6) is 0 Å². The second-order valence-electron chi connectivity index (χ2n) is 11.6. The first kappa shape index (κ1) is 29.5. The summed E-state index contributed by atoms with van der Waals surface area (Å²) in [5.74, 6) is -1.11. The Balaban J connectivity index is 1.20. The molecule has 226 valence electrons. The first-order valence-electron chi connectivity index (χ1n) is 15.2. The molecule has 44 heavy (non-hydrogen) atoms. The van der Waals surface area contributed by atoms with Crippen LogP contribution < -0.4 is 9.80 Å². The summed E-state index contributed by atoms with van der Waals surface area (Å²) in [5.41, 5.74) is 2.72. The van der Waals surface area contributed by atoms with Gasteiger partial charge in [-0.2, -0.15) is 0 Å². The van der Waals surface area contributed by atoms with Crippen molar-refractivity contribution in [2.24, 2.45) is 5.92 Å². The minimum absolute atomic E-state index is 0.0530. The summed E-state index contributed by atoms with van der Waals surface area (Å²) in [4.78, 5) is 29.9. The molecule has 0 spiro atoms. The first-order valence-corrected chi connectivity index (χ1v) is 15.2. The van der Waals surface area contributed by atoms with E-state index in [-0.39, 0.29) is 24.3 Å². The average molecular weight is 592 g/mol. The van der Waals surface area contributed by atoms with E-state index in [2.05, 4.69) is 10.3 Å². The number of aliphatic hydroxyl groups excluding tert-OH is 1. The minimum atomic E-state index is -1.79. The van der Waals surface area contributed by atoms with Crippen molar-refractivity contribution in [3.63, 3.8) is 0 Å². The number of rotatable bonds is 11. The molecule has 0 radical (unpaired) electrons. The molecule has 3 aromatic carbocycles. The van der Waals surface area contributed by atoms with Crippen LogP contribution in [0.25, 0.3) is 0 Å². The summed E-state index contributed by atoms with van der Waals surface area (Å²) in [6, 6.07) is 25.0. The monoisotopic (exact) mass is 591 g/mol. The molecule has 3 heterocycles. The molecule has 3 atom stereocenters. The normalized spacial score (nSPS) is 19.6. The first-order chi connectivity index (χ1) is 21.4. The fraction of sp³-hybridized carbons (Fsp3) is 0.314. The van der Waals surface area contributed by atoms with Gasteiger partial charge in [-0.15, -0.1) is 5.10 Å². The fourth-order valence-electron chi connectivity index (χ4n) is 6.23. The van der Waals surface area contributed by atoms with Crippen LogP contribution in [0.1, 0.15) is 54.5 Å². The average Bonchev–Trinajstić information content (AvgIpc) is 3.75. The molecule has 2 N–H and O–H groups in total. The molecule has 0 bridgehead atoms. The van der Waals surface area contributed by atoms with Gasteiger partial charge in [0.1, 0.15) is 0 Å². The number of amides is 2. The SMILES string of the molecule is C[C@@H](/C=C/CCn1cc(C(CO)c2ccccc2)nn1)[C@]1(O)C(=O)N(Cc2ccccc2)c2ccc(N3CCCC3=O)cc21. The molecule has 2 aliphatic heterocycles. The zero-order valence-corrected chi connectivity index (χ0v) is 24.8. The lowest BCUT2D eigenvalue weighted by atomic mass is 9.82. The van der Waals surface area contributed by atoms with Gasteiger partial charge in [0.2, 0.25) is 5.91 Å². The van der Waals surface area contributed by atoms with Crippen molar-refractivity contribution in [1.82, 2.24) is 15.0 Å². The maximum Gasteiger partial charge on any atom is 0.264 e. The highest BCUT2D eigenvalue weighted by Gasteiger charge is 2.52. The maximum absolute atomic E-state index is 14.0. The Morgan fingerprint density at radius 1 is 1.02 bits per heavy atom. The van der Waals surface area contributed by atoms with E-state index < -0.39 is 11.5 Å². The van der Waals surface area contributed by atoms with Gasteiger partial charge in [0, 0.05) is 42.9 Å². The number of benzene rings is 3. The summed E-state index contributed by atoms with van der Waals surface area (Å²) in [5, 5.41) is 30.7. The van der Waals surface area contributed by atoms with Gasteiger partial charge in [-0.3, -0.25) is 14.3 Å². The van der Waals surface area contributed by atoms with Crippen molar-refractivity contribution in [3.8, 4) is 0 Å². The zero-order valence-electron chi connectivity index (χ0n) is 24.8. The second kappa shape index (κ2) is 12.6. The summed E-state index contributed by atoms with van der Waals surface area (Å²) < 4.78 is 1.74. The van der Waals surface area contributed by atoms with E-state index in [0.717, 1.165) is 17.5 Å². The molecule has 9 heteroatoms. The third kappa shape index (κ3) is 5.56. The molecule has 9 nitrogen and oxygen atoms in total. The Kier molecular flexibility index (Phi) is 8.41. The Morgan fingerprint density at radius 3 is 2.48 bits per heavy atom. The number of hydrogen-bond donors (Lipinski definition) is 2. The molecule has 0 aliphatic carbocycles. The Morgan fingerprint density at radius 2 is 1.77 bits per heavy atom. The molecule has 6 rings (SSSR count). The van der Waals surface area contributed by atoms with E-state index in [1.54, 1.807) is 14.5 Å². The van der Waals surface area contributed by atoms with Gasteiger partial charge < -0.3 is 20.0 Å². The second-order valence-corrected chi connectivity index (χ2v) is 11.6. The largest absolute Gasteiger partial charge is 0.395 e. The van der Waals surface area contributed by atoms with E-state index >= 15 is 0 Å². The quantitative estimate of drug-likeness (QED) is 0.248. The molecule has 2 aliphatic rings. The third-order valence-electron chi connectivity index (χ3n) is 8.73. The number of carbonyl (C=O) groups excluding carboxylic acids is 2. The number of aromatic nitrogens is 3. The smallest absolute Gasteiger partial charge is 0.264 e. The summed E-state index contributed by atoms with van der Waals surface area (Å²) in [6.07, 6.45) is 7.57. The van der Waals surface area contributed by atoms with Crippen molar-refractivity contribution in [1.29, 1.82) is 0 Å². The zero-order chi connectivity index (χ0) is 30.7. The molecular formula is C35H37N5O4. The van der Waals surface area contributed by atoms with Gasteiger partial charge >= 0.3 is 0 Å². The van der Waals surface area contributed by atoms with Crippen molar-refractivity contribution < 1.29 is 19.8 Å². The molecule has 0 saturated carbocycles. The number of hydrogen-bond acceptors (Lipinski definition) is 6. The van der Waals surface area contributed by atoms with Gasteiger partial charge in [0.25, 0.3) is 5.91 Å². The standard InChI is InChI=1S/C35H37N5O4/c1-25(11-8-9-19-38-23-31(36-37-38)29(24-41)27-14-6-3-7-15-27)35(44)30-21-28(39-20-10-16-33(39)42)17-18-32(30)40(34(35)43)22-26-12-4-2-5-13-26/h2-8,11-15,17-18,21,23,25,29,41,44H,9-10,16,19-20,22,24H2,1H3/b11-8+/t25-,29?,35+/m0/s1. The lowest BCUT2D eigenvalue weighted by Crippen LogP contribution is -2.44. The number of fused-ring (bicyclic) bond motifs is 1. The Labute approximate surface area is 257 Å². The predicted octanol–water partition coefficient (Wildman–Crippen LogP) is 4.55. The molecule has 2 amide bonds. The lowest BCUT2D eigenvalue weighted by Gasteiger charge is -2.28. The topological polar surface area (TPSA) is 112 Å². The van der Waals surface area contributed by atoms with Crippen molar-refractivity contribution in [3.05, 3.63) is 120 Å². The number of anilines is 2. The molecule has 1 saturated heterocycles. The third-order valence-corrected chi connectivity index (χ3v) is 8.73. The number of aliphatic hydroxyl groups is 2. The van der Waals surface area contributed by atoms with Crippen LogP contribution in [-0.2, 0) is 28.3 Å². The van der Waals surface area contributed by atoms with Crippen LogP contribution in [-0.4, -0.2) is 50.2 Å². The number of aryl methyl sites for hydroxylation is 1. The van der Waals surface area contributed by atoms with Crippen LogP contribution in [0.2, 0.25) is 0 Å². The Hall–Kier alpha value is -4.60. The number of carbonyl (C=O) groups is 2. The van der Waals surface area contributed by atoms with Gasteiger partial charge in [0.15, 0.2) is 5.60 Å². The van der Waals surface area contributed by atoms with Crippen LogP contribution in [0.4, 0.5) is 11.4 Å². The molecule has 1 unspecified atom stereocenters. The van der Waals surface area contributed by atoms with Crippen LogP contribution in [0.15, 0.2) is 97.2 Å². The number of allylic oxidation sites excluding steroid dienone is 1. The Bertz CT molecular complexity index is 1650. The molecule has 1 fully saturated rings. The van der Waals surface area contributed by atoms with Gasteiger partial charge in [-0.25, -0.2) is 0 Å². The van der Waals surface area contributed by atoms with Crippen molar-refractivity contribution in [2.75, 3.05) is 23.0 Å². The summed E-state index contributed by atoms with van der Waals surface area (Å²) in [7, 11) is 0. The summed E-state index contributed by atoms with van der Waals surface area (Å²) >= 11 is 0. The summed E-state index contributed by atoms with van der Waals surface area (Å²) in [6.45, 7) is 3.29. The highest BCUT2D eigenvalue weighted by Crippen LogP contribution is 2.47. The van der Waals surface area contributed by atoms with Crippen molar-refractivity contribution >= 4 is 23.2 Å². The van der Waals surface area contributed by atoms with Gasteiger partial charge in [-0.1, -0.05) is 85.0 Å². The van der Waals surface area contributed by atoms with E-state index in [4.69, 9.17) is 0 Å². The van der Waals surface area contributed by atoms with Gasteiger partial charge in [-0.05, 0) is 42.2 Å². The molecular weight excluding hydrogens is 554 g/mol. The van der Waals surface area contributed by atoms with E-state index in [1.165, 1.54) is 0 Å². The van der Waals surface area contributed by atoms with E-state index in [9.17, 15) is 19.8 Å². The van der Waals surface area contributed by atoms with Crippen molar-refractivity contribution in [2.45, 2.75) is 50.8 Å². The minimum Gasteiger partial charge on any atom is -0.395 e. The molecule has 1 aromatic heterocycles. The highest BCUT2D eigenvalue weighted by atomic mass is 16.3. The van der Waals surface area contributed by atoms with Crippen LogP contribution in [0, 0.1) is 5.92 Å². The maximum atomic E-state index is 14.0. The van der Waals surface area contributed by atoms with E-state index in [0.29, 0.717) is 55.1 Å². The highest BCUT2D eigenvalue weighted by molar-refractivity contribution is 6.08. The van der Waals surface area contributed by atoms with Gasteiger partial charge in [0.05, 0.1) is 30.5 Å². The van der Waals surface area contributed by atoms with E-state index in [1.807, 2.05) is 104 Å². The lowest BCUT2D eigenvalue weighted by molar-refractivity contribution is -0.139. The molecule has 4 aromatic rings. The number of nitrogens with zero attached hydrogens (tertiary/aromatic N) is 5. The van der Waals surface area contributed by atoms with Crippen LogP contribution in [0.3, 0.4) is 0 Å². The van der Waals surface area contributed by atoms with Crippen LogP contribution >= 0.6 is 0 Å². The fourth-order valence-corrected chi connectivity index (χ4v) is 6.23.